The first-order valence-electron chi connectivity index (χ1n) is 7.73. The minimum Gasteiger partial charge on any atom is -0.332 e. The number of carbonyl (C=O) groups is 2. The Balaban J connectivity index is 2.13. The highest BCUT2D eigenvalue weighted by Gasteiger charge is 2.21. The second kappa shape index (κ2) is 8.01. The van der Waals surface area contributed by atoms with E-state index >= 15 is 0 Å². The van der Waals surface area contributed by atoms with Crippen LogP contribution in [-0.2, 0) is 14.6 Å². The van der Waals surface area contributed by atoms with Crippen molar-refractivity contribution in [2.24, 2.45) is 0 Å². The van der Waals surface area contributed by atoms with Crippen LogP contribution in [0.4, 0.5) is 10.1 Å². The second-order valence-electron chi connectivity index (χ2n) is 5.85. The minimum atomic E-state index is -3.60. The number of nitrogens with one attached hydrogen (secondary N) is 1. The van der Waals surface area contributed by atoms with Crippen molar-refractivity contribution in [3.63, 3.8) is 0 Å². The van der Waals surface area contributed by atoms with Gasteiger partial charge in [-0.15, -0.1) is 6.42 Å². The average molecular weight is 388 g/mol. The Labute approximate surface area is 156 Å². The van der Waals surface area contributed by atoms with Crippen molar-refractivity contribution in [2.75, 3.05) is 25.2 Å². The quantitative estimate of drug-likeness (QED) is 0.627. The Morgan fingerprint density at radius 2 is 1.93 bits per heavy atom. The summed E-state index contributed by atoms with van der Waals surface area (Å²) in [5.74, 6) is 0.236. The van der Waals surface area contributed by atoms with E-state index in [2.05, 4.69) is 11.2 Å². The molecule has 0 atom stereocenters. The number of sulfone groups is 1. The topological polar surface area (TPSA) is 83.6 Å². The van der Waals surface area contributed by atoms with Crippen LogP contribution in [0.25, 0.3) is 0 Å². The zero-order valence-corrected chi connectivity index (χ0v) is 15.5. The highest BCUT2D eigenvalue weighted by Crippen LogP contribution is 2.17. The maximum absolute atomic E-state index is 14.0. The Kier molecular flexibility index (Phi) is 5.98. The molecule has 1 N–H and O–H groups in total. The molecule has 0 aliphatic heterocycles. The van der Waals surface area contributed by atoms with Gasteiger partial charge in [-0.1, -0.05) is 12.0 Å². The van der Waals surface area contributed by atoms with Gasteiger partial charge in [0, 0.05) is 24.6 Å². The van der Waals surface area contributed by atoms with Gasteiger partial charge >= 0.3 is 0 Å². The van der Waals surface area contributed by atoms with E-state index in [-0.39, 0.29) is 11.4 Å². The van der Waals surface area contributed by atoms with Crippen LogP contribution in [0.1, 0.15) is 15.9 Å². The van der Waals surface area contributed by atoms with Crippen LogP contribution in [-0.4, -0.2) is 45.0 Å². The van der Waals surface area contributed by atoms with E-state index in [9.17, 15) is 22.4 Å². The van der Waals surface area contributed by atoms with Crippen LogP contribution >= 0.6 is 0 Å². The van der Waals surface area contributed by atoms with Gasteiger partial charge in [-0.05, 0) is 36.4 Å². The summed E-state index contributed by atoms with van der Waals surface area (Å²) in [6.07, 6.45) is 6.25. The Morgan fingerprint density at radius 3 is 2.56 bits per heavy atom. The number of halogens is 1. The largest absolute Gasteiger partial charge is 0.332 e. The monoisotopic (exact) mass is 388 g/mol. The molecule has 27 heavy (non-hydrogen) atoms. The first kappa shape index (κ1) is 20.1. The molecule has 140 valence electrons. The molecule has 8 heteroatoms. The molecule has 0 spiro atoms. The zero-order valence-electron chi connectivity index (χ0n) is 14.7. The van der Waals surface area contributed by atoms with Crippen molar-refractivity contribution < 1.29 is 22.4 Å². The fourth-order valence-electron chi connectivity index (χ4n) is 2.28. The number of rotatable bonds is 5. The van der Waals surface area contributed by atoms with E-state index in [1.807, 2.05) is 0 Å². The van der Waals surface area contributed by atoms with Gasteiger partial charge in [0.2, 0.25) is 5.91 Å². The first-order chi connectivity index (χ1) is 12.6. The lowest BCUT2D eigenvalue weighted by molar-refractivity contribution is -0.116. The standard InChI is InChI=1S/C19H17FN2O4S/c1-4-13-6-5-7-14(10-13)21-18(23)12-22(2)19(24)16-11-15(27(3,25)26)8-9-17(16)20/h1,5-11H,12H2,2-3H3,(H,21,23). The summed E-state index contributed by atoms with van der Waals surface area (Å²) in [7, 11) is -2.29. The maximum Gasteiger partial charge on any atom is 0.257 e. The van der Waals surface area contributed by atoms with E-state index in [1.165, 1.54) is 7.05 Å². The lowest BCUT2D eigenvalue weighted by Gasteiger charge is -2.17. The van der Waals surface area contributed by atoms with Crippen molar-refractivity contribution >= 4 is 27.3 Å². The molecular weight excluding hydrogens is 371 g/mol. The molecule has 0 radical (unpaired) electrons. The van der Waals surface area contributed by atoms with Gasteiger partial charge in [-0.3, -0.25) is 9.59 Å². The smallest absolute Gasteiger partial charge is 0.257 e. The number of terminal acetylenes is 1. The summed E-state index contributed by atoms with van der Waals surface area (Å²) in [6, 6.07) is 9.53. The lowest BCUT2D eigenvalue weighted by Crippen LogP contribution is -2.35. The van der Waals surface area contributed by atoms with Crippen LogP contribution < -0.4 is 5.32 Å². The Bertz CT molecular complexity index is 1040. The molecular formula is C19H17FN2O4S. The van der Waals surface area contributed by atoms with Crippen molar-refractivity contribution in [1.82, 2.24) is 4.90 Å². The van der Waals surface area contributed by atoms with Gasteiger partial charge in [-0.25, -0.2) is 12.8 Å². The number of amides is 2. The van der Waals surface area contributed by atoms with Gasteiger partial charge in [-0.2, -0.15) is 0 Å². The SMILES string of the molecule is C#Cc1cccc(NC(=O)CN(C)C(=O)c2cc(S(C)(=O)=O)ccc2F)c1. The fourth-order valence-corrected chi connectivity index (χ4v) is 2.93. The van der Waals surface area contributed by atoms with Crippen molar-refractivity contribution in [1.29, 1.82) is 0 Å². The summed E-state index contributed by atoms with van der Waals surface area (Å²) in [6.45, 7) is -0.359. The number of hydrogen-bond donors (Lipinski definition) is 1. The summed E-state index contributed by atoms with van der Waals surface area (Å²) in [5, 5.41) is 2.59. The molecule has 0 heterocycles. The van der Waals surface area contributed by atoms with E-state index in [0.717, 1.165) is 29.4 Å². The van der Waals surface area contributed by atoms with Gasteiger partial charge in [0.25, 0.3) is 5.91 Å². The molecule has 6 nitrogen and oxygen atoms in total. The van der Waals surface area contributed by atoms with E-state index in [4.69, 9.17) is 6.42 Å². The minimum absolute atomic E-state index is 0.184. The second-order valence-corrected chi connectivity index (χ2v) is 7.86. The van der Waals surface area contributed by atoms with Crippen molar-refractivity contribution in [3.05, 3.63) is 59.4 Å². The lowest BCUT2D eigenvalue weighted by atomic mass is 10.2. The predicted molar refractivity (Wildman–Crippen MR) is 99.5 cm³/mol. The molecule has 0 unspecified atom stereocenters. The zero-order chi connectivity index (χ0) is 20.2. The van der Waals surface area contributed by atoms with Crippen LogP contribution in [0, 0.1) is 18.2 Å². The molecule has 2 amide bonds. The summed E-state index contributed by atoms with van der Waals surface area (Å²) in [5.41, 5.74) is 0.612. The van der Waals surface area contributed by atoms with E-state index < -0.39 is 33.0 Å². The van der Waals surface area contributed by atoms with Crippen molar-refractivity contribution in [3.8, 4) is 12.3 Å². The molecule has 0 aliphatic carbocycles. The third-order valence-corrected chi connectivity index (χ3v) is 4.75. The molecule has 0 saturated heterocycles. The third-order valence-electron chi connectivity index (χ3n) is 3.64. The molecule has 0 fully saturated rings. The fraction of sp³-hybridized carbons (Fsp3) is 0.158. The molecule has 2 rings (SSSR count). The number of anilines is 1. The molecule has 2 aromatic rings. The van der Waals surface area contributed by atoms with Crippen LogP contribution in [0.3, 0.4) is 0 Å². The average Bonchev–Trinajstić information content (AvgIpc) is 2.60. The highest BCUT2D eigenvalue weighted by atomic mass is 32.2. The van der Waals surface area contributed by atoms with E-state index in [0.29, 0.717) is 11.3 Å². The number of benzene rings is 2. The normalized spacial score (nSPS) is 10.7. The first-order valence-corrected chi connectivity index (χ1v) is 9.62. The maximum atomic E-state index is 14.0. The molecule has 0 aromatic heterocycles. The summed E-state index contributed by atoms with van der Waals surface area (Å²) < 4.78 is 37.2. The molecule has 0 saturated carbocycles. The van der Waals surface area contributed by atoms with E-state index in [1.54, 1.807) is 24.3 Å². The Hall–Kier alpha value is -3.18. The third kappa shape index (κ3) is 5.15. The summed E-state index contributed by atoms with van der Waals surface area (Å²) in [4.78, 5) is 25.3. The van der Waals surface area contributed by atoms with Crippen LogP contribution in [0.5, 0.6) is 0 Å². The van der Waals surface area contributed by atoms with Crippen molar-refractivity contribution in [2.45, 2.75) is 4.90 Å². The number of nitrogens with zero attached hydrogens (tertiary/aromatic N) is 1. The van der Waals surface area contributed by atoms with Crippen LogP contribution in [0.2, 0.25) is 0 Å². The van der Waals surface area contributed by atoms with Gasteiger partial charge in [0.15, 0.2) is 9.84 Å². The number of hydrogen-bond acceptors (Lipinski definition) is 4. The highest BCUT2D eigenvalue weighted by molar-refractivity contribution is 7.90. The Morgan fingerprint density at radius 1 is 1.22 bits per heavy atom. The predicted octanol–water partition coefficient (Wildman–Crippen LogP) is 1.92. The van der Waals surface area contributed by atoms with Crippen LogP contribution in [0.15, 0.2) is 47.4 Å². The van der Waals surface area contributed by atoms with Gasteiger partial charge in [0.1, 0.15) is 5.82 Å². The van der Waals surface area contributed by atoms with Gasteiger partial charge in [0.05, 0.1) is 17.0 Å². The van der Waals surface area contributed by atoms with Gasteiger partial charge < -0.3 is 10.2 Å². The number of likely N-dealkylation sites (N-methyl/N-ethyl adjacent to an activating group) is 1. The molecule has 0 aliphatic rings. The molecule has 2 aromatic carbocycles. The molecule has 0 bridgehead atoms. The number of carbonyl (C=O) groups excluding carboxylic acids is 2. The summed E-state index contributed by atoms with van der Waals surface area (Å²) >= 11 is 0.